The van der Waals surface area contributed by atoms with Crippen LogP contribution >= 0.6 is 0 Å². The molecule has 1 aliphatic carbocycles. The number of nitrogens with one attached hydrogen (secondary N) is 1. The van der Waals surface area contributed by atoms with Gasteiger partial charge >= 0.3 is 0 Å². The van der Waals surface area contributed by atoms with Gasteiger partial charge in [-0.15, -0.1) is 5.10 Å². The minimum absolute atomic E-state index is 0.201. The van der Waals surface area contributed by atoms with E-state index in [1.165, 1.54) is 25.7 Å². The maximum atomic E-state index is 8.77. The first kappa shape index (κ1) is 14.5. The standard InChI is InChI=1S/C14H26N4O/c1-12-5-2-3-6-13(12)9-15-10-14-11-18(17-16-14)7-4-8-19/h11-13,15,19H,2-10H2,1H3. The van der Waals surface area contributed by atoms with Crippen molar-refractivity contribution in [3.05, 3.63) is 11.9 Å². The van der Waals surface area contributed by atoms with Gasteiger partial charge in [0, 0.05) is 25.9 Å². The summed E-state index contributed by atoms with van der Waals surface area (Å²) in [4.78, 5) is 0. The Kier molecular flexibility index (Phi) is 5.79. The van der Waals surface area contributed by atoms with E-state index < -0.39 is 0 Å². The lowest BCUT2D eigenvalue weighted by Gasteiger charge is -2.28. The van der Waals surface area contributed by atoms with Gasteiger partial charge in [0.2, 0.25) is 0 Å². The third-order valence-corrected chi connectivity index (χ3v) is 4.13. The molecule has 0 bridgehead atoms. The molecule has 1 heterocycles. The predicted octanol–water partition coefficient (Wildman–Crippen LogP) is 1.58. The van der Waals surface area contributed by atoms with Crippen molar-refractivity contribution in [3.63, 3.8) is 0 Å². The summed E-state index contributed by atoms with van der Waals surface area (Å²) in [5, 5.41) is 20.5. The number of hydrogen-bond acceptors (Lipinski definition) is 4. The fraction of sp³-hybridized carbons (Fsp3) is 0.857. The molecule has 0 spiro atoms. The molecule has 5 nitrogen and oxygen atoms in total. The Bertz CT molecular complexity index is 366. The van der Waals surface area contributed by atoms with E-state index in [2.05, 4.69) is 22.6 Å². The molecule has 1 aromatic heterocycles. The van der Waals surface area contributed by atoms with Crippen molar-refractivity contribution in [3.8, 4) is 0 Å². The summed E-state index contributed by atoms with van der Waals surface area (Å²) in [7, 11) is 0. The number of nitrogens with zero attached hydrogens (tertiary/aromatic N) is 3. The second-order valence-electron chi connectivity index (χ2n) is 5.70. The summed E-state index contributed by atoms with van der Waals surface area (Å²) in [5.74, 6) is 1.67. The van der Waals surface area contributed by atoms with E-state index in [9.17, 15) is 0 Å². The van der Waals surface area contributed by atoms with Crippen LogP contribution in [-0.2, 0) is 13.1 Å². The Labute approximate surface area is 115 Å². The Morgan fingerprint density at radius 1 is 1.42 bits per heavy atom. The second kappa shape index (κ2) is 7.60. The minimum Gasteiger partial charge on any atom is -0.396 e. The van der Waals surface area contributed by atoms with E-state index >= 15 is 0 Å². The lowest BCUT2D eigenvalue weighted by atomic mass is 9.80. The van der Waals surface area contributed by atoms with Gasteiger partial charge in [-0.05, 0) is 31.2 Å². The molecule has 1 aliphatic rings. The van der Waals surface area contributed by atoms with Crippen LogP contribution in [0.1, 0.15) is 44.7 Å². The van der Waals surface area contributed by atoms with Gasteiger partial charge in [-0.2, -0.15) is 0 Å². The van der Waals surface area contributed by atoms with Gasteiger partial charge in [0.05, 0.1) is 5.69 Å². The van der Waals surface area contributed by atoms with Gasteiger partial charge in [-0.1, -0.05) is 31.4 Å². The van der Waals surface area contributed by atoms with Crippen LogP contribution in [0.3, 0.4) is 0 Å². The van der Waals surface area contributed by atoms with Crippen LogP contribution in [0.2, 0.25) is 0 Å². The molecule has 1 aromatic rings. The number of aliphatic hydroxyl groups excluding tert-OH is 1. The van der Waals surface area contributed by atoms with Crippen LogP contribution in [-0.4, -0.2) is 33.3 Å². The molecule has 0 saturated heterocycles. The molecule has 0 aromatic carbocycles. The summed E-state index contributed by atoms with van der Waals surface area (Å²) >= 11 is 0. The zero-order chi connectivity index (χ0) is 13.5. The lowest BCUT2D eigenvalue weighted by Crippen LogP contribution is -2.29. The first-order valence-corrected chi connectivity index (χ1v) is 7.50. The SMILES string of the molecule is CC1CCCCC1CNCc1cn(CCCO)nn1. The van der Waals surface area contributed by atoms with Crippen LogP contribution in [0.25, 0.3) is 0 Å². The number of aryl methyl sites for hydroxylation is 1. The highest BCUT2D eigenvalue weighted by Crippen LogP contribution is 2.28. The van der Waals surface area contributed by atoms with Crippen molar-refractivity contribution in [2.24, 2.45) is 11.8 Å². The molecule has 19 heavy (non-hydrogen) atoms. The van der Waals surface area contributed by atoms with Gasteiger partial charge in [0.25, 0.3) is 0 Å². The first-order valence-electron chi connectivity index (χ1n) is 7.50. The minimum atomic E-state index is 0.201. The van der Waals surface area contributed by atoms with E-state index in [0.29, 0.717) is 0 Å². The largest absolute Gasteiger partial charge is 0.396 e. The molecule has 1 fully saturated rings. The van der Waals surface area contributed by atoms with Crippen LogP contribution < -0.4 is 5.32 Å². The van der Waals surface area contributed by atoms with E-state index in [-0.39, 0.29) is 6.61 Å². The van der Waals surface area contributed by atoms with Gasteiger partial charge in [-0.3, -0.25) is 4.68 Å². The Balaban J connectivity index is 1.68. The summed E-state index contributed by atoms with van der Waals surface area (Å²) in [5.41, 5.74) is 0.987. The zero-order valence-corrected chi connectivity index (χ0v) is 11.9. The third kappa shape index (κ3) is 4.58. The molecule has 2 atom stereocenters. The number of rotatable bonds is 7. The van der Waals surface area contributed by atoms with Crippen molar-refractivity contribution < 1.29 is 5.11 Å². The Morgan fingerprint density at radius 3 is 3.05 bits per heavy atom. The highest BCUT2D eigenvalue weighted by atomic mass is 16.3. The fourth-order valence-corrected chi connectivity index (χ4v) is 2.84. The van der Waals surface area contributed by atoms with Gasteiger partial charge < -0.3 is 10.4 Å². The van der Waals surface area contributed by atoms with E-state index in [0.717, 1.165) is 43.6 Å². The molecular weight excluding hydrogens is 240 g/mol. The molecule has 0 amide bonds. The van der Waals surface area contributed by atoms with Crippen LogP contribution in [0, 0.1) is 11.8 Å². The summed E-state index contributed by atoms with van der Waals surface area (Å²) in [6.07, 6.45) is 8.22. The maximum Gasteiger partial charge on any atom is 0.0964 e. The molecule has 2 N–H and O–H groups in total. The van der Waals surface area contributed by atoms with Crippen LogP contribution in [0.15, 0.2) is 6.20 Å². The highest BCUT2D eigenvalue weighted by molar-refractivity contribution is 4.91. The molecule has 0 radical (unpaired) electrons. The molecule has 2 rings (SSSR count). The van der Waals surface area contributed by atoms with Crippen molar-refractivity contribution in [1.29, 1.82) is 0 Å². The lowest BCUT2D eigenvalue weighted by molar-refractivity contribution is 0.247. The van der Waals surface area contributed by atoms with E-state index in [1.54, 1.807) is 4.68 Å². The van der Waals surface area contributed by atoms with Gasteiger partial charge in [0.1, 0.15) is 0 Å². The van der Waals surface area contributed by atoms with Crippen LogP contribution in [0.4, 0.5) is 0 Å². The normalized spacial score (nSPS) is 23.7. The van der Waals surface area contributed by atoms with Crippen molar-refractivity contribution in [2.45, 2.75) is 52.1 Å². The topological polar surface area (TPSA) is 63.0 Å². The molecule has 0 aliphatic heterocycles. The highest BCUT2D eigenvalue weighted by Gasteiger charge is 2.20. The second-order valence-corrected chi connectivity index (χ2v) is 5.70. The van der Waals surface area contributed by atoms with Crippen LogP contribution in [0.5, 0.6) is 0 Å². The smallest absolute Gasteiger partial charge is 0.0964 e. The zero-order valence-electron chi connectivity index (χ0n) is 11.9. The summed E-state index contributed by atoms with van der Waals surface area (Å²) < 4.78 is 1.80. The Hall–Kier alpha value is -0.940. The number of aliphatic hydroxyl groups is 1. The van der Waals surface area contributed by atoms with E-state index in [1.807, 2.05) is 6.20 Å². The summed E-state index contributed by atoms with van der Waals surface area (Å²) in [6, 6.07) is 0. The summed E-state index contributed by atoms with van der Waals surface area (Å²) in [6.45, 7) is 5.19. The van der Waals surface area contributed by atoms with E-state index in [4.69, 9.17) is 5.11 Å². The number of hydrogen-bond donors (Lipinski definition) is 2. The molecule has 108 valence electrons. The first-order chi connectivity index (χ1) is 9.29. The predicted molar refractivity (Wildman–Crippen MR) is 74.6 cm³/mol. The van der Waals surface area contributed by atoms with Gasteiger partial charge in [0.15, 0.2) is 0 Å². The quantitative estimate of drug-likeness (QED) is 0.786. The fourth-order valence-electron chi connectivity index (χ4n) is 2.84. The third-order valence-electron chi connectivity index (χ3n) is 4.13. The average Bonchev–Trinajstić information content (AvgIpc) is 2.86. The molecule has 2 unspecified atom stereocenters. The Morgan fingerprint density at radius 2 is 2.26 bits per heavy atom. The molecule has 5 heteroatoms. The molecule has 1 saturated carbocycles. The number of aromatic nitrogens is 3. The monoisotopic (exact) mass is 266 g/mol. The van der Waals surface area contributed by atoms with Crippen molar-refractivity contribution in [2.75, 3.05) is 13.2 Å². The maximum absolute atomic E-state index is 8.77. The average molecular weight is 266 g/mol. The van der Waals surface area contributed by atoms with Crippen molar-refractivity contribution in [1.82, 2.24) is 20.3 Å². The molecular formula is C14H26N4O. The van der Waals surface area contributed by atoms with Crippen molar-refractivity contribution >= 4 is 0 Å². The van der Waals surface area contributed by atoms with Gasteiger partial charge in [-0.25, -0.2) is 0 Å².